The van der Waals surface area contributed by atoms with Gasteiger partial charge in [-0.15, -0.1) is 0 Å². The number of anilines is 1. The van der Waals surface area contributed by atoms with E-state index in [2.05, 4.69) is 48.8 Å². The van der Waals surface area contributed by atoms with E-state index in [-0.39, 0.29) is 29.6 Å². The molecular weight excluding hydrogens is 801 g/mol. The van der Waals surface area contributed by atoms with Crippen molar-refractivity contribution in [3.8, 4) is 28.3 Å². The van der Waals surface area contributed by atoms with Crippen LogP contribution in [0.4, 0.5) is 14.5 Å². The van der Waals surface area contributed by atoms with Gasteiger partial charge in [-0.1, -0.05) is 37.4 Å². The zero-order valence-electron chi connectivity index (χ0n) is 38.1. The van der Waals surface area contributed by atoms with E-state index in [9.17, 15) is 18.7 Å². The summed E-state index contributed by atoms with van der Waals surface area (Å²) in [6.45, 7) is 22.9. The van der Waals surface area contributed by atoms with Gasteiger partial charge in [0.1, 0.15) is 17.3 Å². The summed E-state index contributed by atoms with van der Waals surface area (Å²) in [7, 11) is 3.00. The number of nitrogens with zero attached hydrogens (tertiary/aromatic N) is 7. The van der Waals surface area contributed by atoms with Gasteiger partial charge < -0.3 is 19.5 Å². The number of allylic oxidation sites excluding steroid dienone is 2. The molecule has 0 bridgehead atoms. The molecule has 0 spiro atoms. The molecule has 1 aromatic heterocycles. The fourth-order valence-electron chi connectivity index (χ4n) is 8.98. The number of halogens is 2. The number of amidine groups is 2. The largest absolute Gasteiger partial charge is 0.513 e. The van der Waals surface area contributed by atoms with Gasteiger partial charge in [0, 0.05) is 59.5 Å². The number of fused-ring (bicyclic) bond motifs is 1. The minimum atomic E-state index is -2.97. The number of aldehydes is 1. The van der Waals surface area contributed by atoms with E-state index in [1.807, 2.05) is 75.2 Å². The average Bonchev–Trinajstić information content (AvgIpc) is 3.66. The monoisotopic (exact) mass is 861 g/mol. The molecule has 63 heavy (non-hydrogen) atoms. The topological polar surface area (TPSA) is 117 Å². The molecule has 2 aliphatic rings. The van der Waals surface area contributed by atoms with Gasteiger partial charge in [0.25, 0.3) is 6.43 Å². The maximum atomic E-state index is 14.9. The van der Waals surface area contributed by atoms with E-state index in [1.54, 1.807) is 29.1 Å². The van der Waals surface area contributed by atoms with E-state index in [0.717, 1.165) is 64.5 Å². The van der Waals surface area contributed by atoms with E-state index in [4.69, 9.17) is 19.6 Å². The summed E-state index contributed by atoms with van der Waals surface area (Å²) in [4.78, 5) is 30.1. The van der Waals surface area contributed by atoms with Crippen molar-refractivity contribution in [2.45, 2.75) is 104 Å². The van der Waals surface area contributed by atoms with E-state index >= 15 is 0 Å². The van der Waals surface area contributed by atoms with Crippen LogP contribution in [0.3, 0.4) is 0 Å². The Balaban J connectivity index is 1.38. The second-order valence-corrected chi connectivity index (χ2v) is 18.4. The maximum absolute atomic E-state index is 14.9. The highest BCUT2D eigenvalue weighted by molar-refractivity contribution is 6.09. The van der Waals surface area contributed by atoms with Crippen LogP contribution in [-0.2, 0) is 0 Å². The lowest BCUT2D eigenvalue weighted by Crippen LogP contribution is -2.50. The van der Waals surface area contributed by atoms with Crippen molar-refractivity contribution in [1.82, 2.24) is 14.7 Å². The maximum Gasteiger partial charge on any atom is 0.297 e. The molecule has 0 unspecified atom stereocenters. The number of alkyl halides is 2. The van der Waals surface area contributed by atoms with Gasteiger partial charge in [-0.2, -0.15) is 5.10 Å². The SMILES string of the molecule is C=C(O)CC1CCC(N(C/C2=C/C(=C)N=C(C(F)F)N=C(N(c3cccc(-c4cccc5c4cnn5-c4cc(OC)c(C=O)c(OC)c4)c3C)C(C)(C)C)CN=C2)C(C)(C)C)CC1. The average molecular weight is 862 g/mol. The molecule has 11 nitrogen and oxygen atoms in total. The van der Waals surface area contributed by atoms with E-state index in [1.165, 1.54) is 14.2 Å². The summed E-state index contributed by atoms with van der Waals surface area (Å²) in [5, 5.41) is 15.5. The predicted octanol–water partition coefficient (Wildman–Crippen LogP) is 11.1. The second kappa shape index (κ2) is 19.2. The molecule has 1 fully saturated rings. The van der Waals surface area contributed by atoms with Crippen molar-refractivity contribution in [1.29, 1.82) is 0 Å². The highest BCUT2D eigenvalue weighted by Crippen LogP contribution is 2.39. The molecule has 2 heterocycles. The van der Waals surface area contributed by atoms with E-state index in [0.29, 0.717) is 53.8 Å². The van der Waals surface area contributed by atoms with Crippen molar-refractivity contribution >= 4 is 40.8 Å². The Hall–Kier alpha value is -5.95. The van der Waals surface area contributed by atoms with Gasteiger partial charge in [0.2, 0.25) is 0 Å². The third kappa shape index (κ3) is 10.5. The molecule has 6 rings (SSSR count). The summed E-state index contributed by atoms with van der Waals surface area (Å²) in [5.41, 5.74) is 5.41. The van der Waals surface area contributed by atoms with Crippen molar-refractivity contribution in [2.24, 2.45) is 20.9 Å². The van der Waals surface area contributed by atoms with Crippen LogP contribution in [0, 0.1) is 12.8 Å². The Morgan fingerprint density at radius 3 is 2.21 bits per heavy atom. The first-order valence-electron chi connectivity index (χ1n) is 21.4. The number of ether oxygens (including phenoxy) is 2. The summed E-state index contributed by atoms with van der Waals surface area (Å²) < 4.78 is 42.7. The number of carbonyl (C=O) groups excluding carboxylic acids is 1. The summed E-state index contributed by atoms with van der Waals surface area (Å²) in [6, 6.07) is 15.7. The van der Waals surface area contributed by atoms with Gasteiger partial charge in [0.15, 0.2) is 12.1 Å². The number of methoxy groups -OCH3 is 2. The molecule has 1 saturated carbocycles. The number of hydrogen-bond acceptors (Lipinski definition) is 10. The Kier molecular flexibility index (Phi) is 14.2. The van der Waals surface area contributed by atoms with Crippen LogP contribution in [-0.4, -0.2) is 94.8 Å². The van der Waals surface area contributed by atoms with Crippen molar-refractivity contribution in [2.75, 3.05) is 32.2 Å². The van der Waals surface area contributed by atoms with Gasteiger partial charge >= 0.3 is 0 Å². The molecular formula is C50H61F2N7O4. The number of benzene rings is 3. The van der Waals surface area contributed by atoms with Crippen molar-refractivity contribution < 1.29 is 28.2 Å². The third-order valence-corrected chi connectivity index (χ3v) is 11.8. The molecule has 0 atom stereocenters. The van der Waals surface area contributed by atoms with Crippen LogP contribution in [0.15, 0.2) is 106 Å². The van der Waals surface area contributed by atoms with Gasteiger partial charge in [-0.05, 0) is 121 Å². The van der Waals surface area contributed by atoms with Crippen molar-refractivity contribution in [3.05, 3.63) is 102 Å². The molecule has 0 radical (unpaired) electrons. The number of aliphatic hydroxyl groups excluding tert-OH is 1. The fraction of sp³-hybridized carbons (Fsp3) is 0.420. The summed E-state index contributed by atoms with van der Waals surface area (Å²) in [6.07, 6.45) is 7.63. The highest BCUT2D eigenvalue weighted by Gasteiger charge is 2.34. The molecule has 0 amide bonds. The number of hydrogen-bond donors (Lipinski definition) is 1. The highest BCUT2D eigenvalue weighted by atomic mass is 19.3. The standard InChI is InChI=1S/C50H61F2N7O4/c1-31-22-35(29-57(49(4,5)6)36-20-18-34(19-21-36)23-32(2)61)26-53-28-46(56-48(55-31)47(51)52)58(50(7,8)9)42-16-12-14-38(33(42)3)39-15-13-17-43-40(39)27-54-59(43)37-24-44(62-10)41(30-60)45(25-37)63-11/h12-17,22,24-27,30,34,36,47,61H,1-2,18-21,23,28-29H2,3-11H3/b35-22+,53-26?,55-48?,56-46?. The molecule has 4 aromatic rings. The lowest BCUT2D eigenvalue weighted by molar-refractivity contribution is 0.0607. The van der Waals surface area contributed by atoms with Crippen LogP contribution in [0.1, 0.15) is 89.6 Å². The van der Waals surface area contributed by atoms with Crippen LogP contribution in [0.2, 0.25) is 0 Å². The van der Waals surface area contributed by atoms with Crippen LogP contribution in [0.25, 0.3) is 27.7 Å². The van der Waals surface area contributed by atoms with Crippen LogP contribution >= 0.6 is 0 Å². The summed E-state index contributed by atoms with van der Waals surface area (Å²) in [5.74, 6) is 1.05. The quantitative estimate of drug-likeness (QED) is 0.111. The zero-order valence-corrected chi connectivity index (χ0v) is 38.1. The molecule has 1 N–H and O–H groups in total. The third-order valence-electron chi connectivity index (χ3n) is 11.8. The number of aromatic nitrogens is 2. The van der Waals surface area contributed by atoms with Crippen molar-refractivity contribution in [3.63, 3.8) is 0 Å². The molecule has 0 saturated heterocycles. The Morgan fingerprint density at radius 2 is 1.62 bits per heavy atom. The van der Waals surface area contributed by atoms with Gasteiger partial charge in [0.05, 0.1) is 55.2 Å². The molecule has 334 valence electrons. The minimum absolute atomic E-state index is 0.0142. The Bertz CT molecular complexity index is 2450. The molecule has 13 heteroatoms. The predicted molar refractivity (Wildman–Crippen MR) is 252 cm³/mol. The summed E-state index contributed by atoms with van der Waals surface area (Å²) >= 11 is 0. The number of aliphatic imine (C=N–C) groups is 3. The molecule has 3 aromatic carbocycles. The van der Waals surface area contributed by atoms with Crippen LogP contribution in [0.5, 0.6) is 11.5 Å². The van der Waals surface area contributed by atoms with Crippen LogP contribution < -0.4 is 14.4 Å². The first-order valence-corrected chi connectivity index (χ1v) is 21.4. The molecule has 1 aliphatic heterocycles. The number of rotatable bonds is 12. The first kappa shape index (κ1) is 46.6. The van der Waals surface area contributed by atoms with Gasteiger partial charge in [-0.25, -0.2) is 23.4 Å². The second-order valence-electron chi connectivity index (χ2n) is 18.4. The lowest BCUT2D eigenvalue weighted by Gasteiger charge is -2.45. The Labute approximate surface area is 370 Å². The first-order chi connectivity index (χ1) is 29.8. The Morgan fingerprint density at radius 1 is 0.968 bits per heavy atom. The fourth-order valence-corrected chi connectivity index (χ4v) is 8.98. The lowest BCUT2D eigenvalue weighted by atomic mass is 9.81. The smallest absolute Gasteiger partial charge is 0.297 e. The van der Waals surface area contributed by atoms with Gasteiger partial charge in [-0.3, -0.25) is 14.7 Å². The number of aliphatic hydroxyl groups is 1. The zero-order chi connectivity index (χ0) is 45.8. The minimum Gasteiger partial charge on any atom is -0.513 e. The molecule has 1 aliphatic carbocycles. The van der Waals surface area contributed by atoms with E-state index < -0.39 is 17.8 Å². The number of carbonyl (C=O) groups is 1. The normalized spacial score (nSPS) is 18.5.